The van der Waals surface area contributed by atoms with Gasteiger partial charge in [0.15, 0.2) is 0 Å². The second-order valence-electron chi connectivity index (χ2n) is 11.0. The Balaban J connectivity index is 2.39. The molecule has 0 saturated heterocycles. The molecule has 0 spiro atoms. The Hall–Kier alpha value is -2.88. The maximum Gasteiger partial charge on any atom is 0.254 e. The predicted octanol–water partition coefficient (Wildman–Crippen LogP) is 4.32. The van der Waals surface area contributed by atoms with Crippen LogP contribution < -0.4 is 5.73 Å². The van der Waals surface area contributed by atoms with E-state index >= 15 is 0 Å². The van der Waals surface area contributed by atoms with Crippen LogP contribution in [-0.4, -0.2) is 76.3 Å². The number of halogens is 2. The maximum atomic E-state index is 13.9. The Morgan fingerprint density at radius 1 is 0.925 bits per heavy atom. The van der Waals surface area contributed by atoms with Crippen molar-refractivity contribution in [2.45, 2.75) is 78.5 Å². The number of carbonyl (C=O) groups is 2. The van der Waals surface area contributed by atoms with Crippen LogP contribution in [0, 0.1) is 24.5 Å². The van der Waals surface area contributed by atoms with Crippen molar-refractivity contribution in [3.63, 3.8) is 0 Å². The number of rotatable bonds is 15. The molecule has 2 rings (SSSR count). The predicted molar refractivity (Wildman–Crippen MR) is 153 cm³/mol. The maximum absolute atomic E-state index is 13.9. The molecule has 7 nitrogen and oxygen atoms in total. The number of benzene rings is 2. The van der Waals surface area contributed by atoms with Gasteiger partial charge >= 0.3 is 0 Å². The summed E-state index contributed by atoms with van der Waals surface area (Å²) in [7, 11) is 0. The lowest BCUT2D eigenvalue weighted by molar-refractivity contribution is 0.0319. The van der Waals surface area contributed by atoms with Gasteiger partial charge in [-0.2, -0.15) is 0 Å². The van der Waals surface area contributed by atoms with E-state index in [1.54, 1.807) is 23.1 Å². The Labute approximate surface area is 237 Å². The van der Waals surface area contributed by atoms with Crippen LogP contribution >= 0.6 is 0 Å². The molecule has 0 fully saturated rings. The van der Waals surface area contributed by atoms with Crippen LogP contribution in [0.1, 0.15) is 78.8 Å². The van der Waals surface area contributed by atoms with Gasteiger partial charge in [-0.3, -0.25) is 9.59 Å². The fourth-order valence-electron chi connectivity index (χ4n) is 4.95. The summed E-state index contributed by atoms with van der Waals surface area (Å²) in [6, 6.07) is 6.52. The van der Waals surface area contributed by atoms with E-state index in [1.807, 2.05) is 34.6 Å². The van der Waals surface area contributed by atoms with E-state index in [2.05, 4.69) is 0 Å². The van der Waals surface area contributed by atoms with E-state index in [-0.39, 0.29) is 42.5 Å². The first-order valence-electron chi connectivity index (χ1n) is 14.1. The molecule has 2 amide bonds. The smallest absolute Gasteiger partial charge is 0.254 e. The molecule has 0 unspecified atom stereocenters. The molecule has 40 heavy (non-hydrogen) atoms. The Morgan fingerprint density at radius 2 is 1.48 bits per heavy atom. The number of carbonyl (C=O) groups excluding carboxylic acids is 2. The molecule has 0 bridgehead atoms. The average molecular weight is 562 g/mol. The van der Waals surface area contributed by atoms with Crippen LogP contribution in [0.2, 0.25) is 0 Å². The second-order valence-corrected chi connectivity index (χ2v) is 11.0. The van der Waals surface area contributed by atoms with Gasteiger partial charge in [0, 0.05) is 42.9 Å². The molecule has 9 heteroatoms. The molecule has 0 heterocycles. The van der Waals surface area contributed by atoms with E-state index in [0.717, 1.165) is 36.6 Å². The fourth-order valence-corrected chi connectivity index (χ4v) is 4.95. The molecule has 3 atom stereocenters. The summed E-state index contributed by atoms with van der Waals surface area (Å²) in [5.74, 6) is -1.95. The third kappa shape index (κ3) is 9.64. The summed E-state index contributed by atoms with van der Waals surface area (Å²) in [6.45, 7) is 10.4. The second kappa shape index (κ2) is 15.8. The van der Waals surface area contributed by atoms with Crippen molar-refractivity contribution >= 4 is 11.8 Å². The van der Waals surface area contributed by atoms with Crippen LogP contribution in [-0.2, 0) is 6.42 Å². The SMILES string of the molecule is CCCN(CCC)C(=O)c1cc(C)cc(C(=O)N(C[C@@H](O)[C@@H](N)Cc2cc(F)cc(F)c2)[C@H](CO)CC(C)C)c1. The van der Waals surface area contributed by atoms with Gasteiger partial charge in [-0.25, -0.2) is 8.78 Å². The molecule has 222 valence electrons. The molecule has 2 aromatic carbocycles. The summed E-state index contributed by atoms with van der Waals surface area (Å²) >= 11 is 0. The first-order chi connectivity index (χ1) is 18.9. The van der Waals surface area contributed by atoms with Crippen LogP contribution in [0.4, 0.5) is 8.78 Å². The van der Waals surface area contributed by atoms with Crippen molar-refractivity contribution in [3.05, 3.63) is 70.3 Å². The van der Waals surface area contributed by atoms with E-state index in [4.69, 9.17) is 5.73 Å². The standard InChI is InChI=1S/C31H45F2N3O4/c1-6-8-35(9-7-2)30(39)23-11-21(5)12-24(16-23)31(40)36(27(19-37)10-20(3)4)18-29(38)28(34)15-22-13-25(32)17-26(33)14-22/h11-14,16-17,20,27-29,37-38H,6-10,15,18-19,34H2,1-5H3/t27-,28-,29+/m0/s1. The number of aliphatic hydroxyl groups is 2. The third-order valence-electron chi connectivity index (χ3n) is 6.77. The van der Waals surface area contributed by atoms with Crippen molar-refractivity contribution in [1.82, 2.24) is 9.80 Å². The number of amides is 2. The zero-order valence-electron chi connectivity index (χ0n) is 24.4. The highest BCUT2D eigenvalue weighted by Gasteiger charge is 2.30. The van der Waals surface area contributed by atoms with Crippen molar-refractivity contribution in [1.29, 1.82) is 0 Å². The molecule has 0 aliphatic heterocycles. The summed E-state index contributed by atoms with van der Waals surface area (Å²) in [5, 5.41) is 21.2. The number of hydrogen-bond acceptors (Lipinski definition) is 5. The monoisotopic (exact) mass is 561 g/mol. The summed E-state index contributed by atoms with van der Waals surface area (Å²) in [6.07, 6.45) is 0.833. The molecule has 2 aromatic rings. The van der Waals surface area contributed by atoms with Crippen molar-refractivity contribution in [2.75, 3.05) is 26.2 Å². The lowest BCUT2D eigenvalue weighted by atomic mass is 9.97. The van der Waals surface area contributed by atoms with E-state index in [9.17, 15) is 28.6 Å². The zero-order valence-corrected chi connectivity index (χ0v) is 24.4. The van der Waals surface area contributed by atoms with Gasteiger partial charge in [0.1, 0.15) is 11.6 Å². The Morgan fingerprint density at radius 3 is 1.98 bits per heavy atom. The van der Waals surface area contributed by atoms with Crippen molar-refractivity contribution in [3.8, 4) is 0 Å². The average Bonchev–Trinajstić information content (AvgIpc) is 2.88. The van der Waals surface area contributed by atoms with E-state index in [0.29, 0.717) is 25.1 Å². The molecule has 0 aliphatic rings. The van der Waals surface area contributed by atoms with Crippen LogP contribution in [0.25, 0.3) is 0 Å². The molecule has 0 saturated carbocycles. The molecule has 4 N–H and O–H groups in total. The minimum absolute atomic E-state index is 0.0142. The fraction of sp³-hybridized carbons (Fsp3) is 0.548. The van der Waals surface area contributed by atoms with Gasteiger partial charge in [0.25, 0.3) is 11.8 Å². The normalized spacial score (nSPS) is 13.7. The quantitative estimate of drug-likeness (QED) is 0.300. The van der Waals surface area contributed by atoms with Crippen molar-refractivity contribution < 1.29 is 28.6 Å². The van der Waals surface area contributed by atoms with Gasteiger partial charge in [-0.1, -0.05) is 27.7 Å². The minimum atomic E-state index is -1.24. The summed E-state index contributed by atoms with van der Waals surface area (Å²) < 4.78 is 27.3. The van der Waals surface area contributed by atoms with Gasteiger partial charge in [-0.05, 0) is 80.0 Å². The number of nitrogens with zero attached hydrogens (tertiary/aromatic N) is 2. The first-order valence-corrected chi connectivity index (χ1v) is 14.1. The van der Waals surface area contributed by atoms with E-state index in [1.165, 1.54) is 4.90 Å². The first kappa shape index (κ1) is 33.3. The largest absolute Gasteiger partial charge is 0.394 e. The minimum Gasteiger partial charge on any atom is -0.394 e. The summed E-state index contributed by atoms with van der Waals surface area (Å²) in [5.41, 5.74) is 7.90. The molecule has 0 aromatic heterocycles. The van der Waals surface area contributed by atoms with Crippen LogP contribution in [0.3, 0.4) is 0 Å². The highest BCUT2D eigenvalue weighted by Crippen LogP contribution is 2.20. The zero-order chi connectivity index (χ0) is 30.0. The highest BCUT2D eigenvalue weighted by molar-refractivity contribution is 6.00. The Bertz CT molecular complexity index is 1100. The van der Waals surface area contributed by atoms with Crippen LogP contribution in [0.5, 0.6) is 0 Å². The van der Waals surface area contributed by atoms with Gasteiger partial charge < -0.3 is 25.7 Å². The Kier molecular flexibility index (Phi) is 13.2. The molecule has 0 radical (unpaired) electrons. The van der Waals surface area contributed by atoms with Gasteiger partial charge in [0.05, 0.1) is 18.8 Å². The molecular formula is C31H45F2N3O4. The molecule has 0 aliphatic carbocycles. The number of hydrogen-bond donors (Lipinski definition) is 3. The number of aryl methyl sites for hydroxylation is 1. The van der Waals surface area contributed by atoms with Crippen LogP contribution in [0.15, 0.2) is 36.4 Å². The number of nitrogens with two attached hydrogens (primary N) is 1. The van der Waals surface area contributed by atoms with Gasteiger partial charge in [-0.15, -0.1) is 0 Å². The highest BCUT2D eigenvalue weighted by atomic mass is 19.1. The number of aliphatic hydroxyl groups excluding tert-OH is 2. The van der Waals surface area contributed by atoms with Gasteiger partial charge in [0.2, 0.25) is 0 Å². The topological polar surface area (TPSA) is 107 Å². The molecular weight excluding hydrogens is 516 g/mol. The summed E-state index contributed by atoms with van der Waals surface area (Å²) in [4.78, 5) is 30.4. The lowest BCUT2D eigenvalue weighted by Gasteiger charge is -2.35. The van der Waals surface area contributed by atoms with Crippen molar-refractivity contribution in [2.24, 2.45) is 11.7 Å². The third-order valence-corrected chi connectivity index (χ3v) is 6.77. The van der Waals surface area contributed by atoms with E-state index < -0.39 is 35.7 Å². The lowest BCUT2D eigenvalue weighted by Crippen LogP contribution is -2.51.